The first-order valence-corrected chi connectivity index (χ1v) is 7.92. The van der Waals surface area contributed by atoms with E-state index in [0.717, 1.165) is 0 Å². The van der Waals surface area contributed by atoms with E-state index in [1.807, 2.05) is 0 Å². The van der Waals surface area contributed by atoms with Crippen LogP contribution in [0.4, 0.5) is 4.79 Å². The summed E-state index contributed by atoms with van der Waals surface area (Å²) in [6.45, 7) is 6.78. The Kier molecular flexibility index (Phi) is 7.22. The van der Waals surface area contributed by atoms with Crippen LogP contribution in [0, 0.1) is 0 Å². The summed E-state index contributed by atoms with van der Waals surface area (Å²) in [5, 5.41) is 2.97. The van der Waals surface area contributed by atoms with Gasteiger partial charge in [0.25, 0.3) is 0 Å². The van der Waals surface area contributed by atoms with Crippen molar-refractivity contribution in [2.45, 2.75) is 45.8 Å². The lowest BCUT2D eigenvalue weighted by Crippen LogP contribution is -2.34. The van der Waals surface area contributed by atoms with Crippen molar-refractivity contribution in [2.24, 2.45) is 0 Å². The predicted octanol–water partition coefficient (Wildman–Crippen LogP) is 3.37. The van der Waals surface area contributed by atoms with Gasteiger partial charge in [-0.05, 0) is 52.0 Å². The fourth-order valence-electron chi connectivity index (χ4n) is 1.74. The second kappa shape index (κ2) is 8.68. The van der Waals surface area contributed by atoms with Crippen molar-refractivity contribution in [2.75, 3.05) is 6.54 Å². The van der Waals surface area contributed by atoms with Gasteiger partial charge in [-0.15, -0.1) is 0 Å². The maximum atomic E-state index is 12.1. The predicted molar refractivity (Wildman–Crippen MR) is 90.2 cm³/mol. The number of carbonyl (C=O) groups excluding carboxylic acids is 3. The minimum absolute atomic E-state index is 0.0581. The monoisotopic (exact) mass is 355 g/mol. The quantitative estimate of drug-likeness (QED) is 0.625. The molecule has 0 saturated carbocycles. The maximum Gasteiger partial charge on any atom is 0.407 e. The summed E-state index contributed by atoms with van der Waals surface area (Å²) >= 11 is 5.76. The highest BCUT2D eigenvalue weighted by Gasteiger charge is 2.20. The first kappa shape index (κ1) is 20.0. The van der Waals surface area contributed by atoms with E-state index in [1.54, 1.807) is 45.0 Å². The average molecular weight is 356 g/mol. The van der Waals surface area contributed by atoms with Gasteiger partial charge < -0.3 is 14.8 Å². The topological polar surface area (TPSA) is 81.7 Å². The number of nitrogens with one attached hydrogen (secondary N) is 1. The first-order chi connectivity index (χ1) is 11.1. The molecule has 0 saturated heterocycles. The molecule has 0 unspecified atom stereocenters. The van der Waals surface area contributed by atoms with Gasteiger partial charge in [-0.25, -0.2) is 4.79 Å². The van der Waals surface area contributed by atoms with Gasteiger partial charge in [-0.2, -0.15) is 0 Å². The van der Waals surface area contributed by atoms with E-state index in [2.05, 4.69) is 5.32 Å². The third-order valence-corrected chi connectivity index (χ3v) is 3.06. The number of Topliss-reactive ketones (excluding diaryl/α,β-unsaturated/α-hetero) is 1. The molecule has 1 atom stereocenters. The molecule has 0 aliphatic heterocycles. The number of hydrogen-bond donors (Lipinski definition) is 1. The van der Waals surface area contributed by atoms with Crippen molar-refractivity contribution in [3.63, 3.8) is 0 Å². The van der Waals surface area contributed by atoms with Crippen LogP contribution in [-0.2, 0) is 14.3 Å². The van der Waals surface area contributed by atoms with Gasteiger partial charge in [0.15, 0.2) is 6.10 Å². The molecule has 132 valence electrons. The van der Waals surface area contributed by atoms with E-state index in [1.165, 1.54) is 6.92 Å². The molecule has 1 rings (SSSR count). The van der Waals surface area contributed by atoms with Gasteiger partial charge in [0.1, 0.15) is 5.60 Å². The Morgan fingerprint density at radius 1 is 1.17 bits per heavy atom. The number of halogens is 1. The van der Waals surface area contributed by atoms with E-state index < -0.39 is 23.8 Å². The Balaban J connectivity index is 2.37. The third-order valence-electron chi connectivity index (χ3n) is 2.80. The summed E-state index contributed by atoms with van der Waals surface area (Å²) in [5.41, 5.74) is -0.198. The van der Waals surface area contributed by atoms with E-state index in [9.17, 15) is 14.4 Å². The third kappa shape index (κ3) is 7.46. The SMILES string of the molecule is C[C@@H](OC(=O)CCNC(=O)OC(C)(C)C)C(=O)c1ccc(Cl)cc1. The molecule has 0 spiro atoms. The molecule has 7 heteroatoms. The van der Waals surface area contributed by atoms with Gasteiger partial charge >= 0.3 is 12.1 Å². The van der Waals surface area contributed by atoms with Crippen LogP contribution in [0.25, 0.3) is 0 Å². The molecule has 0 bridgehead atoms. The van der Waals surface area contributed by atoms with Crippen LogP contribution in [0.5, 0.6) is 0 Å². The highest BCUT2D eigenvalue weighted by Crippen LogP contribution is 2.12. The lowest BCUT2D eigenvalue weighted by atomic mass is 10.1. The molecule has 1 amide bonds. The van der Waals surface area contributed by atoms with Gasteiger partial charge in [0.2, 0.25) is 5.78 Å². The molecule has 0 aliphatic carbocycles. The highest BCUT2D eigenvalue weighted by molar-refractivity contribution is 6.30. The molecule has 1 aromatic carbocycles. The van der Waals surface area contributed by atoms with E-state index in [4.69, 9.17) is 21.1 Å². The fraction of sp³-hybridized carbons (Fsp3) is 0.471. The van der Waals surface area contributed by atoms with Gasteiger partial charge in [0, 0.05) is 17.1 Å². The molecular weight excluding hydrogens is 334 g/mol. The molecule has 1 N–H and O–H groups in total. The molecule has 1 aromatic rings. The van der Waals surface area contributed by atoms with E-state index in [0.29, 0.717) is 10.6 Å². The van der Waals surface area contributed by atoms with Crippen LogP contribution >= 0.6 is 11.6 Å². The van der Waals surface area contributed by atoms with Gasteiger partial charge in [-0.1, -0.05) is 11.6 Å². The minimum atomic E-state index is -0.916. The number of rotatable bonds is 6. The van der Waals surface area contributed by atoms with E-state index >= 15 is 0 Å². The summed E-state index contributed by atoms with van der Waals surface area (Å²) < 4.78 is 10.1. The summed E-state index contributed by atoms with van der Waals surface area (Å²) in [4.78, 5) is 35.3. The van der Waals surface area contributed by atoms with Crippen molar-refractivity contribution in [3.05, 3.63) is 34.9 Å². The second-order valence-corrected chi connectivity index (χ2v) is 6.62. The standard InChI is InChI=1S/C17H22ClNO5/c1-11(15(21)12-5-7-13(18)8-6-12)23-14(20)9-10-19-16(22)24-17(2,3)4/h5-8,11H,9-10H2,1-4H3,(H,19,22)/t11-/m1/s1. The molecule has 0 aliphatic rings. The smallest absolute Gasteiger partial charge is 0.407 e. The molecule has 6 nitrogen and oxygen atoms in total. The molecule has 24 heavy (non-hydrogen) atoms. The summed E-state index contributed by atoms with van der Waals surface area (Å²) in [5.74, 6) is -0.902. The van der Waals surface area contributed by atoms with Crippen molar-refractivity contribution in [3.8, 4) is 0 Å². The van der Waals surface area contributed by atoms with Gasteiger partial charge in [-0.3, -0.25) is 9.59 Å². The Hall–Kier alpha value is -2.08. The maximum absolute atomic E-state index is 12.1. The second-order valence-electron chi connectivity index (χ2n) is 6.18. The minimum Gasteiger partial charge on any atom is -0.454 e. The summed E-state index contributed by atoms with van der Waals surface area (Å²) in [6, 6.07) is 6.32. The molecule has 0 aromatic heterocycles. The zero-order valence-corrected chi connectivity index (χ0v) is 15.0. The number of alkyl carbamates (subject to hydrolysis) is 1. The number of ketones is 1. The lowest BCUT2D eigenvalue weighted by molar-refractivity contribution is -0.146. The lowest BCUT2D eigenvalue weighted by Gasteiger charge is -2.19. The molecule has 0 fully saturated rings. The Labute approximate surface area is 146 Å². The average Bonchev–Trinajstić information content (AvgIpc) is 2.45. The van der Waals surface area contributed by atoms with Crippen LogP contribution in [0.2, 0.25) is 5.02 Å². The zero-order valence-electron chi connectivity index (χ0n) is 14.2. The van der Waals surface area contributed by atoms with Crippen molar-refractivity contribution >= 4 is 29.4 Å². The van der Waals surface area contributed by atoms with Crippen LogP contribution < -0.4 is 5.32 Å². The largest absolute Gasteiger partial charge is 0.454 e. The number of esters is 1. The Morgan fingerprint density at radius 3 is 2.29 bits per heavy atom. The molecular formula is C17H22ClNO5. The van der Waals surface area contributed by atoms with Crippen LogP contribution in [0.1, 0.15) is 44.5 Å². The van der Waals surface area contributed by atoms with Crippen molar-refractivity contribution in [1.29, 1.82) is 0 Å². The zero-order chi connectivity index (χ0) is 18.3. The van der Waals surface area contributed by atoms with Crippen LogP contribution in [0.3, 0.4) is 0 Å². The number of hydrogen-bond acceptors (Lipinski definition) is 5. The Bertz CT molecular complexity index is 592. The first-order valence-electron chi connectivity index (χ1n) is 7.54. The highest BCUT2D eigenvalue weighted by atomic mass is 35.5. The number of ether oxygens (including phenoxy) is 2. The van der Waals surface area contributed by atoms with Crippen LogP contribution in [0.15, 0.2) is 24.3 Å². The normalized spacial score (nSPS) is 12.2. The number of amides is 1. The van der Waals surface area contributed by atoms with Crippen molar-refractivity contribution < 1.29 is 23.9 Å². The van der Waals surface area contributed by atoms with E-state index in [-0.39, 0.29) is 18.7 Å². The van der Waals surface area contributed by atoms with Crippen molar-refractivity contribution in [1.82, 2.24) is 5.32 Å². The summed E-state index contributed by atoms with van der Waals surface area (Å²) in [7, 11) is 0. The fourth-order valence-corrected chi connectivity index (χ4v) is 1.87. The van der Waals surface area contributed by atoms with Crippen LogP contribution in [-0.4, -0.2) is 36.1 Å². The molecule has 0 radical (unpaired) electrons. The Morgan fingerprint density at radius 2 is 1.75 bits per heavy atom. The van der Waals surface area contributed by atoms with Gasteiger partial charge in [0.05, 0.1) is 6.42 Å². The number of benzene rings is 1. The molecule has 0 heterocycles. The number of carbonyl (C=O) groups is 3. The summed E-state index contributed by atoms with van der Waals surface area (Å²) in [6.07, 6.45) is -1.59.